The van der Waals surface area contributed by atoms with Crippen LogP contribution < -0.4 is 14.8 Å². The smallest absolute Gasteiger partial charge is 0.203 e. The minimum absolute atomic E-state index is 0.828. The molecule has 4 nitrogen and oxygen atoms in total. The highest BCUT2D eigenvalue weighted by molar-refractivity contribution is 5.80. The molecule has 2 aliphatic heterocycles. The van der Waals surface area contributed by atoms with E-state index >= 15 is 0 Å². The van der Waals surface area contributed by atoms with E-state index < -0.39 is 0 Å². The maximum atomic E-state index is 6.08. The zero-order chi connectivity index (χ0) is 14.4. The molecular formula is C17H18N3O+. The van der Waals surface area contributed by atoms with E-state index in [-0.39, 0.29) is 0 Å². The lowest BCUT2D eigenvalue weighted by Crippen LogP contribution is -2.36. The lowest BCUT2D eigenvalue weighted by atomic mass is 10.1. The molecule has 0 radical (unpaired) electrons. The van der Waals surface area contributed by atoms with Crippen molar-refractivity contribution in [2.75, 3.05) is 32.1 Å². The predicted molar refractivity (Wildman–Crippen MR) is 84.6 cm³/mol. The molecule has 0 atom stereocenters. The molecular weight excluding hydrogens is 262 g/mol. The number of anilines is 1. The normalized spacial score (nSPS) is 14.5. The number of fused-ring (bicyclic) bond motifs is 2. The van der Waals surface area contributed by atoms with E-state index in [0.29, 0.717) is 0 Å². The molecule has 1 aromatic rings. The summed E-state index contributed by atoms with van der Waals surface area (Å²) >= 11 is 0. The predicted octanol–water partition coefficient (Wildman–Crippen LogP) is 2.17. The van der Waals surface area contributed by atoms with Crippen LogP contribution in [0.15, 0.2) is 40.8 Å². The van der Waals surface area contributed by atoms with Crippen LogP contribution in [0.4, 0.5) is 5.69 Å². The van der Waals surface area contributed by atoms with Gasteiger partial charge in [-0.2, -0.15) is 0 Å². The number of benzene rings is 2. The molecule has 1 saturated heterocycles. The molecule has 0 saturated carbocycles. The van der Waals surface area contributed by atoms with Gasteiger partial charge in [0, 0.05) is 30.9 Å². The van der Waals surface area contributed by atoms with E-state index in [1.807, 2.05) is 32.3 Å². The fraction of sp³-hybridized carbons (Fsp3) is 0.294. The minimum Gasteiger partial charge on any atom is -0.452 e. The van der Waals surface area contributed by atoms with Crippen LogP contribution in [0.3, 0.4) is 0 Å². The Hall–Kier alpha value is -2.36. The third-order valence-electron chi connectivity index (χ3n) is 4.09. The Morgan fingerprint density at radius 3 is 2.67 bits per heavy atom. The third kappa shape index (κ3) is 2.07. The molecule has 1 aliphatic carbocycles. The van der Waals surface area contributed by atoms with Crippen molar-refractivity contribution in [3.63, 3.8) is 0 Å². The molecule has 4 heteroatoms. The molecule has 0 spiro atoms. The second-order valence-electron chi connectivity index (χ2n) is 5.75. The minimum atomic E-state index is 0.828. The van der Waals surface area contributed by atoms with Gasteiger partial charge in [0.2, 0.25) is 5.36 Å². The van der Waals surface area contributed by atoms with Crippen molar-refractivity contribution in [1.82, 2.24) is 9.56 Å². The molecule has 1 fully saturated rings. The maximum Gasteiger partial charge on any atom is 0.203 e. The molecule has 0 aromatic heterocycles. The Balaban J connectivity index is 1.93. The highest BCUT2D eigenvalue weighted by atomic mass is 16.3. The molecule has 21 heavy (non-hydrogen) atoms. The lowest BCUT2D eigenvalue weighted by molar-refractivity contribution is 0.603. The van der Waals surface area contributed by atoms with Crippen LogP contribution in [0.5, 0.6) is 0 Å². The average Bonchev–Trinajstić information content (AvgIpc) is 2.42. The average molecular weight is 280 g/mol. The Kier molecular flexibility index (Phi) is 2.70. The van der Waals surface area contributed by atoms with Crippen molar-refractivity contribution >= 4 is 16.8 Å². The van der Waals surface area contributed by atoms with Gasteiger partial charge in [0.1, 0.15) is 25.3 Å². The van der Waals surface area contributed by atoms with E-state index in [9.17, 15) is 0 Å². The van der Waals surface area contributed by atoms with Crippen molar-refractivity contribution in [3.8, 4) is 11.5 Å². The molecule has 4 rings (SSSR count). The molecule has 0 N–H and O–H groups in total. The first-order valence-corrected chi connectivity index (χ1v) is 7.31. The van der Waals surface area contributed by atoms with E-state index in [0.717, 1.165) is 41.0 Å². The Labute approximate surface area is 123 Å². The van der Waals surface area contributed by atoms with Gasteiger partial charge in [-0.25, -0.2) is 9.56 Å². The summed E-state index contributed by atoms with van der Waals surface area (Å²) in [7, 11) is 4.05. The van der Waals surface area contributed by atoms with Crippen molar-refractivity contribution in [2.24, 2.45) is 0 Å². The summed E-state index contributed by atoms with van der Waals surface area (Å²) in [6.45, 7) is 2.27. The van der Waals surface area contributed by atoms with Gasteiger partial charge in [-0.05, 0) is 24.6 Å². The maximum absolute atomic E-state index is 6.08. The number of rotatable bonds is 1. The Bertz CT molecular complexity index is 857. The largest absolute Gasteiger partial charge is 0.452 e. The van der Waals surface area contributed by atoms with Crippen LogP contribution in [0.25, 0.3) is 22.6 Å². The summed E-state index contributed by atoms with van der Waals surface area (Å²) in [6, 6.07) is 12.4. The first-order chi connectivity index (χ1) is 10.2. The van der Waals surface area contributed by atoms with E-state index in [2.05, 4.69) is 27.7 Å². The van der Waals surface area contributed by atoms with E-state index in [1.165, 1.54) is 12.1 Å². The zero-order valence-electron chi connectivity index (χ0n) is 12.3. The number of hydrogen-bond acceptors (Lipinski definition) is 3. The summed E-state index contributed by atoms with van der Waals surface area (Å²) < 4.78 is 8.15. The fourth-order valence-corrected chi connectivity index (χ4v) is 2.65. The Morgan fingerprint density at radius 2 is 1.95 bits per heavy atom. The van der Waals surface area contributed by atoms with Gasteiger partial charge >= 0.3 is 0 Å². The summed E-state index contributed by atoms with van der Waals surface area (Å²) in [5.41, 5.74) is 3.87. The van der Waals surface area contributed by atoms with Crippen molar-refractivity contribution in [1.29, 1.82) is 0 Å². The molecule has 106 valence electrons. The monoisotopic (exact) mass is 280 g/mol. The van der Waals surface area contributed by atoms with Crippen molar-refractivity contribution in [3.05, 3.63) is 41.8 Å². The molecule has 0 amide bonds. The van der Waals surface area contributed by atoms with Crippen LogP contribution >= 0.6 is 0 Å². The van der Waals surface area contributed by atoms with Crippen LogP contribution in [-0.2, 0) is 0 Å². The second kappa shape index (κ2) is 4.58. The standard InChI is InChI=1S/C17H18N3O/c1-19(2)12-4-6-14-16(10-12)21-17-11-13(20-8-3-9-20)5-7-15(17)18-14/h4-7,10-11H,3,8-9H2,1-2H3/q+1. The van der Waals surface area contributed by atoms with Gasteiger partial charge < -0.3 is 9.32 Å². The number of nitrogens with zero attached hydrogens (tertiary/aromatic N) is 3. The Morgan fingerprint density at radius 1 is 1.10 bits per heavy atom. The quantitative estimate of drug-likeness (QED) is 0.506. The number of hydrogen-bond donors (Lipinski definition) is 0. The van der Waals surface area contributed by atoms with Gasteiger partial charge in [-0.15, -0.1) is 0 Å². The van der Waals surface area contributed by atoms with Gasteiger partial charge in [-0.3, -0.25) is 0 Å². The van der Waals surface area contributed by atoms with Crippen LogP contribution in [-0.4, -0.2) is 32.2 Å². The zero-order valence-corrected chi connectivity index (χ0v) is 12.3. The first kappa shape index (κ1) is 12.4. The fourth-order valence-electron chi connectivity index (χ4n) is 2.65. The summed E-state index contributed by atoms with van der Waals surface area (Å²) in [6.07, 6.45) is 1.28. The summed E-state index contributed by atoms with van der Waals surface area (Å²) in [4.78, 5) is 7.05. The molecule has 0 bridgehead atoms. The van der Waals surface area contributed by atoms with Crippen LogP contribution in [0.2, 0.25) is 0 Å². The first-order valence-electron chi connectivity index (χ1n) is 7.31. The third-order valence-corrected chi connectivity index (χ3v) is 4.09. The topological polar surface area (TPSA) is 32.3 Å². The summed E-state index contributed by atoms with van der Waals surface area (Å²) in [5.74, 6) is 0.828. The summed E-state index contributed by atoms with van der Waals surface area (Å²) in [5, 5.41) is 1.12. The molecule has 0 unspecified atom stereocenters. The highest BCUT2D eigenvalue weighted by Gasteiger charge is 2.16. The lowest BCUT2D eigenvalue weighted by Gasteiger charge is -2.33. The van der Waals surface area contributed by atoms with Crippen molar-refractivity contribution < 1.29 is 4.42 Å². The molecule has 3 aliphatic rings. The van der Waals surface area contributed by atoms with Gasteiger partial charge in [-0.1, -0.05) is 0 Å². The second-order valence-corrected chi connectivity index (χ2v) is 5.75. The van der Waals surface area contributed by atoms with Gasteiger partial charge in [0.15, 0.2) is 11.3 Å². The number of aromatic nitrogens is 1. The van der Waals surface area contributed by atoms with E-state index in [4.69, 9.17) is 9.40 Å². The van der Waals surface area contributed by atoms with Crippen molar-refractivity contribution in [2.45, 2.75) is 6.42 Å². The highest BCUT2D eigenvalue weighted by Crippen LogP contribution is 2.28. The van der Waals surface area contributed by atoms with Crippen LogP contribution in [0.1, 0.15) is 6.42 Å². The SMILES string of the molecule is C[N+](C)=c1ccc2nc3ccc(N4CCC4)cc3oc-2c1. The molecule has 2 heterocycles. The van der Waals surface area contributed by atoms with Gasteiger partial charge in [0.05, 0.1) is 6.07 Å². The van der Waals surface area contributed by atoms with E-state index in [1.54, 1.807) is 0 Å². The van der Waals surface area contributed by atoms with Gasteiger partial charge in [0.25, 0.3) is 0 Å². The van der Waals surface area contributed by atoms with Crippen LogP contribution in [0, 0.1) is 0 Å². The molecule has 1 aromatic carbocycles.